The number of hydrogen-bond donors (Lipinski definition) is 1. The van der Waals surface area contributed by atoms with E-state index in [1.165, 1.54) is 36.9 Å². The quantitative estimate of drug-likeness (QED) is 0.879. The molecule has 0 saturated carbocycles. The minimum absolute atomic E-state index is 0.731. The Kier molecular flexibility index (Phi) is 3.29. The molecule has 2 heterocycles. The SMILES string of the molecule is CCN(c1ccccc1C)C1CC2CCC(C1)N2. The van der Waals surface area contributed by atoms with E-state index in [2.05, 4.69) is 48.3 Å². The van der Waals surface area contributed by atoms with Crippen LogP contribution < -0.4 is 10.2 Å². The zero-order valence-corrected chi connectivity index (χ0v) is 11.5. The molecule has 0 amide bonds. The molecule has 0 aliphatic carbocycles. The summed E-state index contributed by atoms with van der Waals surface area (Å²) in [5.41, 5.74) is 2.84. The maximum atomic E-state index is 3.74. The lowest BCUT2D eigenvalue weighted by Crippen LogP contribution is -2.48. The summed E-state index contributed by atoms with van der Waals surface area (Å²) in [5, 5.41) is 3.74. The van der Waals surface area contributed by atoms with E-state index in [1.54, 1.807) is 0 Å². The van der Waals surface area contributed by atoms with E-state index in [0.717, 1.165) is 24.7 Å². The Hall–Kier alpha value is -1.02. The number of piperidine rings is 1. The fourth-order valence-electron chi connectivity index (χ4n) is 3.79. The van der Waals surface area contributed by atoms with Gasteiger partial charge in [-0.1, -0.05) is 18.2 Å². The molecule has 2 fully saturated rings. The molecule has 3 rings (SSSR count). The zero-order valence-electron chi connectivity index (χ0n) is 11.5. The molecule has 0 spiro atoms. The molecule has 0 radical (unpaired) electrons. The van der Waals surface area contributed by atoms with Crippen LogP contribution in [0.2, 0.25) is 0 Å². The van der Waals surface area contributed by atoms with Crippen molar-refractivity contribution in [3.05, 3.63) is 29.8 Å². The molecule has 18 heavy (non-hydrogen) atoms. The van der Waals surface area contributed by atoms with Crippen LogP contribution in [0.4, 0.5) is 5.69 Å². The minimum Gasteiger partial charge on any atom is -0.368 e. The Labute approximate surface area is 110 Å². The number of nitrogens with one attached hydrogen (secondary N) is 1. The largest absolute Gasteiger partial charge is 0.368 e. The van der Waals surface area contributed by atoms with Gasteiger partial charge in [-0.25, -0.2) is 0 Å². The maximum Gasteiger partial charge on any atom is 0.0398 e. The Morgan fingerprint density at radius 1 is 1.17 bits per heavy atom. The molecule has 2 unspecified atom stereocenters. The second kappa shape index (κ2) is 4.93. The average molecular weight is 244 g/mol. The summed E-state index contributed by atoms with van der Waals surface area (Å²) in [5.74, 6) is 0. The first kappa shape index (κ1) is 12.0. The van der Waals surface area contributed by atoms with Gasteiger partial charge in [-0.05, 0) is 51.2 Å². The van der Waals surface area contributed by atoms with Crippen LogP contribution in [0.5, 0.6) is 0 Å². The van der Waals surface area contributed by atoms with Gasteiger partial charge in [-0.3, -0.25) is 0 Å². The van der Waals surface area contributed by atoms with Crippen LogP contribution in [0.3, 0.4) is 0 Å². The van der Waals surface area contributed by atoms with Crippen molar-refractivity contribution >= 4 is 5.69 Å². The second-order valence-corrected chi connectivity index (χ2v) is 5.84. The van der Waals surface area contributed by atoms with Crippen LogP contribution in [0.1, 0.15) is 38.2 Å². The molecular weight excluding hydrogens is 220 g/mol. The van der Waals surface area contributed by atoms with Crippen LogP contribution in [0, 0.1) is 6.92 Å². The van der Waals surface area contributed by atoms with Gasteiger partial charge < -0.3 is 10.2 Å². The van der Waals surface area contributed by atoms with E-state index >= 15 is 0 Å². The summed E-state index contributed by atoms with van der Waals surface area (Å²) < 4.78 is 0. The summed E-state index contributed by atoms with van der Waals surface area (Å²) in [4.78, 5) is 2.63. The van der Waals surface area contributed by atoms with Crippen molar-refractivity contribution in [2.24, 2.45) is 0 Å². The van der Waals surface area contributed by atoms with Gasteiger partial charge in [0.25, 0.3) is 0 Å². The maximum absolute atomic E-state index is 3.74. The average Bonchev–Trinajstić information content (AvgIpc) is 2.72. The Morgan fingerprint density at radius 3 is 2.44 bits per heavy atom. The van der Waals surface area contributed by atoms with Gasteiger partial charge in [-0.15, -0.1) is 0 Å². The lowest BCUT2D eigenvalue weighted by atomic mass is 9.97. The third kappa shape index (κ3) is 2.14. The lowest BCUT2D eigenvalue weighted by molar-refractivity contribution is 0.349. The topological polar surface area (TPSA) is 15.3 Å². The number of rotatable bonds is 3. The summed E-state index contributed by atoms with van der Waals surface area (Å²) in [6.07, 6.45) is 5.40. The highest BCUT2D eigenvalue weighted by atomic mass is 15.2. The summed E-state index contributed by atoms with van der Waals surface area (Å²) in [7, 11) is 0. The number of benzene rings is 1. The van der Waals surface area contributed by atoms with E-state index in [9.17, 15) is 0 Å². The predicted octanol–water partition coefficient (Wildman–Crippen LogP) is 3.10. The Bertz CT molecular complexity index is 403. The molecule has 2 aliphatic rings. The van der Waals surface area contributed by atoms with Crippen molar-refractivity contribution in [2.75, 3.05) is 11.4 Å². The van der Waals surface area contributed by atoms with Crippen molar-refractivity contribution in [2.45, 2.75) is 57.7 Å². The number of fused-ring (bicyclic) bond motifs is 2. The van der Waals surface area contributed by atoms with Crippen LogP contribution >= 0.6 is 0 Å². The van der Waals surface area contributed by atoms with Gasteiger partial charge in [0.2, 0.25) is 0 Å². The third-order valence-corrected chi connectivity index (χ3v) is 4.65. The fraction of sp³-hybridized carbons (Fsp3) is 0.625. The summed E-state index contributed by atoms with van der Waals surface area (Å²) in [6.45, 7) is 5.64. The van der Waals surface area contributed by atoms with E-state index < -0.39 is 0 Å². The Balaban J connectivity index is 1.82. The first-order valence-electron chi connectivity index (χ1n) is 7.36. The molecule has 2 saturated heterocycles. The van der Waals surface area contributed by atoms with Gasteiger partial charge in [-0.2, -0.15) is 0 Å². The smallest absolute Gasteiger partial charge is 0.0398 e. The van der Waals surface area contributed by atoms with Gasteiger partial charge in [0.05, 0.1) is 0 Å². The van der Waals surface area contributed by atoms with Gasteiger partial charge >= 0.3 is 0 Å². The standard InChI is InChI=1S/C16H24N2/c1-3-18(16-7-5-4-6-12(16)2)15-10-13-8-9-14(11-15)17-13/h4-7,13-15,17H,3,8-11H2,1-2H3. The molecule has 1 aromatic rings. The summed E-state index contributed by atoms with van der Waals surface area (Å²) >= 11 is 0. The van der Waals surface area contributed by atoms with Gasteiger partial charge in [0.15, 0.2) is 0 Å². The van der Waals surface area contributed by atoms with Crippen molar-refractivity contribution in [3.8, 4) is 0 Å². The van der Waals surface area contributed by atoms with E-state index in [1.807, 2.05) is 0 Å². The highest BCUT2D eigenvalue weighted by molar-refractivity contribution is 5.53. The van der Waals surface area contributed by atoms with Crippen LogP contribution in [0.15, 0.2) is 24.3 Å². The molecule has 2 bridgehead atoms. The number of aryl methyl sites for hydroxylation is 1. The molecule has 2 atom stereocenters. The summed E-state index contributed by atoms with van der Waals surface area (Å²) in [6, 6.07) is 11.1. The van der Waals surface area contributed by atoms with E-state index in [-0.39, 0.29) is 0 Å². The van der Waals surface area contributed by atoms with Crippen LogP contribution in [-0.4, -0.2) is 24.7 Å². The highest BCUT2D eigenvalue weighted by Gasteiger charge is 2.35. The molecule has 98 valence electrons. The van der Waals surface area contributed by atoms with Gasteiger partial charge in [0, 0.05) is 30.4 Å². The first-order valence-corrected chi connectivity index (χ1v) is 7.36. The highest BCUT2D eigenvalue weighted by Crippen LogP contribution is 2.33. The predicted molar refractivity (Wildman–Crippen MR) is 77.2 cm³/mol. The normalized spacial score (nSPS) is 30.4. The zero-order chi connectivity index (χ0) is 12.5. The van der Waals surface area contributed by atoms with Crippen molar-refractivity contribution < 1.29 is 0 Å². The number of hydrogen-bond acceptors (Lipinski definition) is 2. The van der Waals surface area contributed by atoms with E-state index in [4.69, 9.17) is 0 Å². The molecule has 0 aromatic heterocycles. The van der Waals surface area contributed by atoms with Crippen LogP contribution in [-0.2, 0) is 0 Å². The monoisotopic (exact) mass is 244 g/mol. The molecular formula is C16H24N2. The number of nitrogens with zero attached hydrogens (tertiary/aromatic N) is 1. The van der Waals surface area contributed by atoms with Crippen LogP contribution in [0.25, 0.3) is 0 Å². The molecule has 2 heteroatoms. The van der Waals surface area contributed by atoms with E-state index in [0.29, 0.717) is 0 Å². The van der Waals surface area contributed by atoms with Gasteiger partial charge in [0.1, 0.15) is 0 Å². The first-order chi connectivity index (χ1) is 8.78. The lowest BCUT2D eigenvalue weighted by Gasteiger charge is -2.39. The number of para-hydroxylation sites is 1. The number of anilines is 1. The second-order valence-electron chi connectivity index (χ2n) is 5.84. The van der Waals surface area contributed by atoms with Crippen molar-refractivity contribution in [1.82, 2.24) is 5.32 Å². The molecule has 2 nitrogen and oxygen atoms in total. The molecule has 2 aliphatic heterocycles. The molecule has 1 N–H and O–H groups in total. The van der Waals surface area contributed by atoms with Crippen molar-refractivity contribution in [3.63, 3.8) is 0 Å². The molecule has 1 aromatic carbocycles. The van der Waals surface area contributed by atoms with Crippen molar-refractivity contribution in [1.29, 1.82) is 0 Å². The Morgan fingerprint density at radius 2 is 1.83 bits per heavy atom. The minimum atomic E-state index is 0.731. The third-order valence-electron chi connectivity index (χ3n) is 4.65. The fourth-order valence-corrected chi connectivity index (χ4v) is 3.79.